The molecule has 4 rings (SSSR count). The molecule has 1 aliphatic heterocycles. The third-order valence-electron chi connectivity index (χ3n) is 6.18. The molecule has 0 radical (unpaired) electrons. The van der Waals surface area contributed by atoms with Gasteiger partial charge in [0.1, 0.15) is 5.82 Å². The second kappa shape index (κ2) is 12.9. The number of piperazine rings is 1. The van der Waals surface area contributed by atoms with Crippen LogP contribution in [0.3, 0.4) is 0 Å². The maximum Gasteiger partial charge on any atom is 0.490 e. The van der Waals surface area contributed by atoms with E-state index in [4.69, 9.17) is 9.90 Å². The smallest absolute Gasteiger partial charge is 0.478 e. The van der Waals surface area contributed by atoms with E-state index in [0.717, 1.165) is 17.7 Å². The minimum absolute atomic E-state index is 0.00673. The number of hydrogen-bond acceptors (Lipinski definition) is 6. The molecular formula is C27H27F4N3O6S. The van der Waals surface area contributed by atoms with Gasteiger partial charge in [0.2, 0.25) is 0 Å². The fraction of sp³-hybridized carbons (Fsp3) is 0.259. The van der Waals surface area contributed by atoms with E-state index in [0.29, 0.717) is 31.9 Å². The van der Waals surface area contributed by atoms with E-state index in [2.05, 4.69) is 9.62 Å². The summed E-state index contributed by atoms with van der Waals surface area (Å²) in [5.41, 5.74) is 2.75. The topological polar surface area (TPSA) is 127 Å². The lowest BCUT2D eigenvalue weighted by Gasteiger charge is -2.38. The van der Waals surface area contributed by atoms with Crippen LogP contribution in [-0.4, -0.2) is 62.9 Å². The van der Waals surface area contributed by atoms with Gasteiger partial charge < -0.3 is 20.0 Å². The normalized spacial score (nSPS) is 13.7. The SMILES string of the molecule is CCc1ccc(S(=O)(=O)Nc2cc(C(=O)O)ccc2N2CCN(c3ccc(F)cc3)CC2)cc1.O=C(O)C(F)(F)F. The summed E-state index contributed by atoms with van der Waals surface area (Å²) < 4.78 is 73.7. The summed E-state index contributed by atoms with van der Waals surface area (Å²) in [4.78, 5) is 24.7. The Labute approximate surface area is 233 Å². The molecule has 0 aromatic heterocycles. The number of anilines is 3. The van der Waals surface area contributed by atoms with Crippen molar-refractivity contribution < 1.29 is 45.8 Å². The van der Waals surface area contributed by atoms with Gasteiger partial charge in [0.25, 0.3) is 10.0 Å². The van der Waals surface area contributed by atoms with Crippen LogP contribution in [0.2, 0.25) is 0 Å². The van der Waals surface area contributed by atoms with Crippen LogP contribution in [0.5, 0.6) is 0 Å². The minimum atomic E-state index is -5.08. The lowest BCUT2D eigenvalue weighted by Crippen LogP contribution is -2.46. The molecule has 41 heavy (non-hydrogen) atoms. The fourth-order valence-corrected chi connectivity index (χ4v) is 5.06. The van der Waals surface area contributed by atoms with Crippen molar-refractivity contribution in [2.45, 2.75) is 24.4 Å². The average molecular weight is 598 g/mol. The molecule has 0 aliphatic carbocycles. The molecule has 0 bridgehead atoms. The van der Waals surface area contributed by atoms with Crippen molar-refractivity contribution in [1.82, 2.24) is 0 Å². The van der Waals surface area contributed by atoms with Crippen LogP contribution in [0.4, 0.5) is 34.6 Å². The van der Waals surface area contributed by atoms with Crippen molar-refractivity contribution in [1.29, 1.82) is 0 Å². The monoisotopic (exact) mass is 597 g/mol. The largest absolute Gasteiger partial charge is 0.490 e. The Morgan fingerprint density at radius 2 is 1.41 bits per heavy atom. The first-order chi connectivity index (χ1) is 19.2. The summed E-state index contributed by atoms with van der Waals surface area (Å²) in [7, 11) is -3.92. The van der Waals surface area contributed by atoms with Crippen molar-refractivity contribution in [2.24, 2.45) is 0 Å². The maximum atomic E-state index is 13.2. The number of rotatable bonds is 7. The highest BCUT2D eigenvalue weighted by Crippen LogP contribution is 2.31. The number of halogens is 4. The molecule has 1 heterocycles. The molecule has 0 saturated carbocycles. The molecule has 1 fully saturated rings. The Bertz CT molecular complexity index is 1470. The third kappa shape index (κ3) is 8.33. The molecule has 1 saturated heterocycles. The quantitative estimate of drug-likeness (QED) is 0.330. The van der Waals surface area contributed by atoms with Crippen LogP contribution in [0.25, 0.3) is 0 Å². The van der Waals surface area contributed by atoms with E-state index < -0.39 is 28.1 Å². The number of nitrogens with one attached hydrogen (secondary N) is 1. The summed E-state index contributed by atoms with van der Waals surface area (Å²) in [5, 5.41) is 16.6. The lowest BCUT2D eigenvalue weighted by atomic mass is 10.1. The van der Waals surface area contributed by atoms with Gasteiger partial charge in [0.05, 0.1) is 21.8 Å². The van der Waals surface area contributed by atoms with Gasteiger partial charge in [-0.05, 0) is 66.6 Å². The number of aliphatic carboxylic acids is 1. The molecule has 14 heteroatoms. The van der Waals surface area contributed by atoms with Crippen LogP contribution in [-0.2, 0) is 21.2 Å². The first-order valence-electron chi connectivity index (χ1n) is 12.3. The van der Waals surface area contributed by atoms with E-state index >= 15 is 0 Å². The zero-order valence-electron chi connectivity index (χ0n) is 21.7. The molecular weight excluding hydrogens is 570 g/mol. The van der Waals surface area contributed by atoms with Gasteiger partial charge in [0, 0.05) is 31.9 Å². The molecule has 1 aliphatic rings. The van der Waals surface area contributed by atoms with Crippen molar-refractivity contribution in [3.8, 4) is 0 Å². The van der Waals surface area contributed by atoms with Gasteiger partial charge in [-0.15, -0.1) is 0 Å². The summed E-state index contributed by atoms with van der Waals surface area (Å²) >= 11 is 0. The Kier molecular flexibility index (Phi) is 9.81. The number of sulfonamides is 1. The van der Waals surface area contributed by atoms with Gasteiger partial charge in [-0.2, -0.15) is 13.2 Å². The third-order valence-corrected chi connectivity index (χ3v) is 7.57. The molecule has 220 valence electrons. The Balaban J connectivity index is 0.000000587. The molecule has 0 atom stereocenters. The standard InChI is InChI=1S/C25H26FN3O4S.C2HF3O2/c1-2-18-3-10-22(11-4-18)34(32,33)27-23-17-19(25(30)31)5-12-24(23)29-15-13-28(14-16-29)21-8-6-20(26)7-9-21;3-2(4,5)1(6)7/h3-12,17,27H,2,13-16H2,1H3,(H,30,31);(H,6,7). The van der Waals surface area contributed by atoms with Crippen LogP contribution < -0.4 is 14.5 Å². The lowest BCUT2D eigenvalue weighted by molar-refractivity contribution is -0.192. The number of carbonyl (C=O) groups is 2. The predicted octanol–water partition coefficient (Wildman–Crippen LogP) is 4.85. The van der Waals surface area contributed by atoms with Gasteiger partial charge >= 0.3 is 18.1 Å². The summed E-state index contributed by atoms with van der Waals surface area (Å²) in [6.07, 6.45) is -4.29. The zero-order chi connectivity index (χ0) is 30.4. The highest BCUT2D eigenvalue weighted by molar-refractivity contribution is 7.92. The number of alkyl halides is 3. The number of aryl methyl sites for hydroxylation is 1. The van der Waals surface area contributed by atoms with E-state index in [1.165, 1.54) is 24.3 Å². The second-order valence-electron chi connectivity index (χ2n) is 8.89. The van der Waals surface area contributed by atoms with E-state index in [1.54, 1.807) is 42.5 Å². The molecule has 0 amide bonds. The minimum Gasteiger partial charge on any atom is -0.478 e. The van der Waals surface area contributed by atoms with E-state index in [1.807, 2.05) is 11.8 Å². The van der Waals surface area contributed by atoms with Crippen LogP contribution in [0.1, 0.15) is 22.8 Å². The van der Waals surface area contributed by atoms with Gasteiger partial charge in [-0.3, -0.25) is 4.72 Å². The number of carboxylic acids is 2. The number of nitrogens with zero attached hydrogens (tertiary/aromatic N) is 2. The Hall–Kier alpha value is -4.33. The number of hydrogen-bond donors (Lipinski definition) is 3. The second-order valence-corrected chi connectivity index (χ2v) is 10.6. The fourth-order valence-electron chi connectivity index (χ4n) is 3.99. The zero-order valence-corrected chi connectivity index (χ0v) is 22.5. The molecule has 3 N–H and O–H groups in total. The number of aromatic carboxylic acids is 1. The predicted molar refractivity (Wildman–Crippen MR) is 145 cm³/mol. The van der Waals surface area contributed by atoms with Crippen molar-refractivity contribution in [2.75, 3.05) is 40.7 Å². The van der Waals surface area contributed by atoms with E-state index in [9.17, 15) is 35.9 Å². The molecule has 0 unspecified atom stereocenters. The van der Waals surface area contributed by atoms with Crippen LogP contribution in [0.15, 0.2) is 71.6 Å². The Morgan fingerprint density at radius 3 is 1.90 bits per heavy atom. The molecule has 3 aromatic carbocycles. The number of benzene rings is 3. The average Bonchev–Trinajstić information content (AvgIpc) is 2.93. The first-order valence-corrected chi connectivity index (χ1v) is 13.7. The first kappa shape index (κ1) is 31.2. The number of carboxylic acid groups (broad SMARTS) is 2. The highest BCUT2D eigenvalue weighted by atomic mass is 32.2. The van der Waals surface area contributed by atoms with E-state index in [-0.39, 0.29) is 22.0 Å². The van der Waals surface area contributed by atoms with Gasteiger partial charge in [0.15, 0.2) is 0 Å². The van der Waals surface area contributed by atoms with Crippen LogP contribution >= 0.6 is 0 Å². The van der Waals surface area contributed by atoms with Crippen molar-refractivity contribution in [3.05, 3.63) is 83.7 Å². The molecule has 3 aromatic rings. The summed E-state index contributed by atoms with van der Waals surface area (Å²) in [6, 6.07) is 17.4. The van der Waals surface area contributed by atoms with Gasteiger partial charge in [-0.1, -0.05) is 19.1 Å². The highest BCUT2D eigenvalue weighted by Gasteiger charge is 2.38. The summed E-state index contributed by atoms with van der Waals surface area (Å²) in [5.74, 6) is -4.19. The molecule has 0 spiro atoms. The van der Waals surface area contributed by atoms with Crippen LogP contribution in [0, 0.1) is 5.82 Å². The summed E-state index contributed by atoms with van der Waals surface area (Å²) in [6.45, 7) is 4.46. The van der Waals surface area contributed by atoms with Gasteiger partial charge in [-0.25, -0.2) is 22.4 Å². The van der Waals surface area contributed by atoms with Crippen molar-refractivity contribution >= 4 is 39.0 Å². The maximum absolute atomic E-state index is 13.2. The molecule has 9 nitrogen and oxygen atoms in total. The van der Waals surface area contributed by atoms with Crippen molar-refractivity contribution in [3.63, 3.8) is 0 Å². The Morgan fingerprint density at radius 1 is 0.878 bits per heavy atom.